The van der Waals surface area contributed by atoms with E-state index in [0.717, 1.165) is 35.3 Å². The summed E-state index contributed by atoms with van der Waals surface area (Å²) in [5, 5.41) is 2.96. The van der Waals surface area contributed by atoms with Crippen LogP contribution < -0.4 is 5.32 Å². The molecule has 0 bridgehead atoms. The average Bonchev–Trinajstić information content (AvgIpc) is 3.47. The summed E-state index contributed by atoms with van der Waals surface area (Å²) in [4.78, 5) is 31.1. The minimum atomic E-state index is -0.0583. The second-order valence-electron chi connectivity index (χ2n) is 7.59. The molecule has 1 saturated carbocycles. The number of nitrogens with zero attached hydrogens (tertiary/aromatic N) is 2. The number of hydrogen-bond donors (Lipinski definition) is 1. The van der Waals surface area contributed by atoms with Crippen LogP contribution in [0.15, 0.2) is 36.5 Å². The number of pyridine rings is 1. The maximum Gasteiger partial charge on any atom is 0.253 e. The van der Waals surface area contributed by atoms with Gasteiger partial charge < -0.3 is 10.2 Å². The molecule has 1 aliphatic carbocycles. The average molecular weight is 365 g/mol. The molecule has 5 heteroatoms. The highest BCUT2D eigenvalue weighted by atomic mass is 16.2. The normalized spacial score (nSPS) is 14.5. The Bertz CT molecular complexity index is 858. The second kappa shape index (κ2) is 7.91. The fourth-order valence-corrected chi connectivity index (χ4v) is 3.02. The lowest BCUT2D eigenvalue weighted by Gasteiger charge is -2.25. The predicted octanol–water partition coefficient (Wildman–Crippen LogP) is 3.75. The highest BCUT2D eigenvalue weighted by Crippen LogP contribution is 2.31. The molecule has 142 valence electrons. The van der Waals surface area contributed by atoms with Crippen LogP contribution in [0.3, 0.4) is 0 Å². The third kappa shape index (κ3) is 4.73. The first-order valence-corrected chi connectivity index (χ1v) is 9.45. The molecule has 1 fully saturated rings. The fourth-order valence-electron chi connectivity index (χ4n) is 3.02. The molecule has 5 nitrogen and oxygen atoms in total. The Labute approximate surface area is 160 Å². The van der Waals surface area contributed by atoms with E-state index in [-0.39, 0.29) is 23.8 Å². The lowest BCUT2D eigenvalue weighted by Crippen LogP contribution is -2.36. The van der Waals surface area contributed by atoms with Crippen LogP contribution in [-0.4, -0.2) is 34.8 Å². The number of carbonyl (C=O) groups excluding carboxylic acids is 2. The minimum absolute atomic E-state index is 0.0117. The fraction of sp³-hybridized carbons (Fsp3) is 0.409. The number of anilines is 1. The third-order valence-corrected chi connectivity index (χ3v) is 5.15. The summed E-state index contributed by atoms with van der Waals surface area (Å²) in [6.07, 6.45) is 4.41. The summed E-state index contributed by atoms with van der Waals surface area (Å²) in [5.74, 6) is 0.125. The van der Waals surface area contributed by atoms with E-state index in [0.29, 0.717) is 12.0 Å². The number of carbonyl (C=O) groups is 2. The van der Waals surface area contributed by atoms with Gasteiger partial charge in [0.15, 0.2) is 0 Å². The maximum atomic E-state index is 12.9. The molecule has 0 radical (unpaired) electrons. The van der Waals surface area contributed by atoms with Gasteiger partial charge in [0.2, 0.25) is 5.91 Å². The second-order valence-corrected chi connectivity index (χ2v) is 7.59. The van der Waals surface area contributed by atoms with E-state index in [4.69, 9.17) is 0 Å². The number of amides is 2. The van der Waals surface area contributed by atoms with Crippen molar-refractivity contribution in [3.8, 4) is 0 Å². The smallest absolute Gasteiger partial charge is 0.253 e. The van der Waals surface area contributed by atoms with E-state index in [2.05, 4.69) is 10.3 Å². The zero-order valence-electron chi connectivity index (χ0n) is 16.5. The zero-order chi connectivity index (χ0) is 19.6. The van der Waals surface area contributed by atoms with Crippen LogP contribution in [0.5, 0.6) is 0 Å². The van der Waals surface area contributed by atoms with Gasteiger partial charge in [-0.05, 0) is 69.0 Å². The molecular formula is C22H27N3O2. The SMILES string of the molecule is Cc1ccnc(C[C@H](C)N(C)C(=O)c2ccc(C)c(NC(=O)C3CC3)c2)c1. The van der Waals surface area contributed by atoms with Gasteiger partial charge in [-0.1, -0.05) is 6.07 Å². The van der Waals surface area contributed by atoms with Crippen LogP contribution in [0.2, 0.25) is 0 Å². The van der Waals surface area contributed by atoms with Crippen molar-refractivity contribution in [2.24, 2.45) is 5.92 Å². The van der Waals surface area contributed by atoms with Crippen molar-refractivity contribution in [3.05, 3.63) is 58.9 Å². The van der Waals surface area contributed by atoms with Crippen LogP contribution in [0.25, 0.3) is 0 Å². The Morgan fingerprint density at radius 1 is 1.22 bits per heavy atom. The van der Waals surface area contributed by atoms with Gasteiger partial charge in [-0.2, -0.15) is 0 Å². The van der Waals surface area contributed by atoms with Gasteiger partial charge in [-0.15, -0.1) is 0 Å². The molecule has 1 aromatic heterocycles. The topological polar surface area (TPSA) is 62.3 Å². The molecule has 1 atom stereocenters. The summed E-state index contributed by atoms with van der Waals surface area (Å²) >= 11 is 0. The summed E-state index contributed by atoms with van der Waals surface area (Å²) < 4.78 is 0. The van der Waals surface area contributed by atoms with Crippen molar-refractivity contribution in [3.63, 3.8) is 0 Å². The monoisotopic (exact) mass is 365 g/mol. The van der Waals surface area contributed by atoms with Crippen molar-refractivity contribution in [2.45, 2.75) is 46.1 Å². The first kappa shape index (κ1) is 19.1. The van der Waals surface area contributed by atoms with E-state index >= 15 is 0 Å². The summed E-state index contributed by atoms with van der Waals surface area (Å²) in [6, 6.07) is 9.51. The van der Waals surface area contributed by atoms with Gasteiger partial charge in [0.25, 0.3) is 5.91 Å². The first-order valence-electron chi connectivity index (χ1n) is 9.45. The quantitative estimate of drug-likeness (QED) is 0.848. The predicted molar refractivity (Wildman–Crippen MR) is 107 cm³/mol. The standard InChI is InChI=1S/C22H27N3O2/c1-14-9-10-23-19(11-14)12-16(3)25(4)22(27)18-6-5-15(2)20(13-18)24-21(26)17-7-8-17/h5-6,9-11,13,16-17H,7-8,12H2,1-4H3,(H,24,26)/t16-/m0/s1. The molecule has 0 saturated heterocycles. The Balaban J connectivity index is 1.70. The van der Waals surface area contributed by atoms with Crippen molar-refractivity contribution < 1.29 is 9.59 Å². The van der Waals surface area contributed by atoms with E-state index in [1.165, 1.54) is 0 Å². The zero-order valence-corrected chi connectivity index (χ0v) is 16.5. The highest BCUT2D eigenvalue weighted by molar-refractivity contribution is 5.98. The molecule has 0 unspecified atom stereocenters. The number of nitrogens with one attached hydrogen (secondary N) is 1. The van der Waals surface area contributed by atoms with Gasteiger partial charge >= 0.3 is 0 Å². The molecule has 1 N–H and O–H groups in total. The van der Waals surface area contributed by atoms with Crippen LogP contribution in [0, 0.1) is 19.8 Å². The maximum absolute atomic E-state index is 12.9. The molecule has 1 heterocycles. The minimum Gasteiger partial charge on any atom is -0.339 e. The van der Waals surface area contributed by atoms with Crippen molar-refractivity contribution in [2.75, 3.05) is 12.4 Å². The van der Waals surface area contributed by atoms with Gasteiger partial charge in [0.1, 0.15) is 0 Å². The van der Waals surface area contributed by atoms with Gasteiger partial charge in [0, 0.05) is 48.6 Å². The molecule has 27 heavy (non-hydrogen) atoms. The number of benzene rings is 1. The van der Waals surface area contributed by atoms with Crippen LogP contribution >= 0.6 is 0 Å². The van der Waals surface area contributed by atoms with Crippen molar-refractivity contribution in [1.82, 2.24) is 9.88 Å². The summed E-state index contributed by atoms with van der Waals surface area (Å²) in [7, 11) is 1.81. The lowest BCUT2D eigenvalue weighted by molar-refractivity contribution is -0.117. The summed E-state index contributed by atoms with van der Waals surface area (Å²) in [6.45, 7) is 5.99. The molecule has 3 rings (SSSR count). The largest absolute Gasteiger partial charge is 0.339 e. The van der Waals surface area contributed by atoms with Crippen molar-refractivity contribution in [1.29, 1.82) is 0 Å². The molecule has 2 aromatic rings. The van der Waals surface area contributed by atoms with E-state index in [1.54, 1.807) is 17.2 Å². The molecule has 1 aliphatic rings. The number of aromatic nitrogens is 1. The molecular weight excluding hydrogens is 338 g/mol. The Hall–Kier alpha value is -2.69. The third-order valence-electron chi connectivity index (χ3n) is 5.15. The van der Waals surface area contributed by atoms with E-state index in [9.17, 15) is 9.59 Å². The van der Waals surface area contributed by atoms with Crippen molar-refractivity contribution >= 4 is 17.5 Å². The summed E-state index contributed by atoms with van der Waals surface area (Å²) in [5.41, 5.74) is 4.40. The van der Waals surface area contributed by atoms with Gasteiger partial charge in [0.05, 0.1) is 0 Å². The Morgan fingerprint density at radius 3 is 2.63 bits per heavy atom. The number of hydrogen-bond acceptors (Lipinski definition) is 3. The molecule has 0 aliphatic heterocycles. The number of rotatable bonds is 6. The Morgan fingerprint density at radius 2 is 1.96 bits per heavy atom. The Kier molecular flexibility index (Phi) is 5.59. The number of likely N-dealkylation sites (N-methyl/N-ethyl adjacent to an activating group) is 1. The van der Waals surface area contributed by atoms with E-state index < -0.39 is 0 Å². The number of aryl methyl sites for hydroxylation is 2. The van der Waals surface area contributed by atoms with E-state index in [1.807, 2.05) is 52.1 Å². The van der Waals surface area contributed by atoms with Crippen LogP contribution in [-0.2, 0) is 11.2 Å². The van der Waals surface area contributed by atoms with Gasteiger partial charge in [-0.3, -0.25) is 14.6 Å². The first-order chi connectivity index (χ1) is 12.8. The molecule has 1 aromatic carbocycles. The highest BCUT2D eigenvalue weighted by Gasteiger charge is 2.30. The van der Waals surface area contributed by atoms with Crippen LogP contribution in [0.1, 0.15) is 46.9 Å². The van der Waals surface area contributed by atoms with Gasteiger partial charge in [-0.25, -0.2) is 0 Å². The van der Waals surface area contributed by atoms with Crippen LogP contribution in [0.4, 0.5) is 5.69 Å². The molecule has 0 spiro atoms. The molecule has 2 amide bonds. The lowest BCUT2D eigenvalue weighted by atomic mass is 10.1.